The van der Waals surface area contributed by atoms with Crippen LogP contribution in [-0.4, -0.2) is 276 Å². The molecule has 0 amide bonds. The first-order valence-electron chi connectivity index (χ1n) is 17.2. The molecular weight excluding hydrogens is 1900 g/mol. The second-order valence-electron chi connectivity index (χ2n) is 12.7. The topological polar surface area (TPSA) is 912 Å². The molecule has 76 heteroatoms. The van der Waals surface area contributed by atoms with E-state index in [4.69, 9.17) is 18.9 Å². The Balaban J connectivity index is -0.000000220. The summed E-state index contributed by atoms with van der Waals surface area (Å²) in [5.41, 5.74) is 0. The number of hydrogen-bond acceptors (Lipinski definition) is 52. The standard InChI is InChI=1S/C18H34O46S12.12K.6H2O/c19-65(20)50-2-5-10(57-68(25)26)13(58-69(27)28)15(59-70(29)30)17(53-5)49-1-7(56-67(23)24)9(12(62-74(40,41)42)8(60-72(34,35)36)4-52-71(31,32)33)55-18-16(64-76(46,47)48)14(63-75(43,44)45)11(61-73(37,38)39)6(54-18)3-51-66(21)22;;;;;;;;;;;;;;;;;;/h5-18H,1-4H2,(H,19,20)(H,21,22)(H,23,24)(H,25,26)(H,27,28)(H,29,30)(H,31,32,33)(H,34,35,36)(H,37,38,39)(H,40,41,42)(H,43,44,45)(H,46,47,48);;;;;;;;;;;;;6*1H2/q;12*+1;;;;;;/p-18/t5-,6-,7+,8-,9-,10-,11-,12-,13+,14+,15-,16-,17-,18+;;;;;;;;;;;;;;;;;;/m1................../s1. The Labute approximate surface area is 1060 Å². The van der Waals surface area contributed by atoms with Gasteiger partial charge in [-0.2, -0.15) is 0 Å². The van der Waals surface area contributed by atoms with Crippen molar-refractivity contribution in [3.63, 3.8) is 0 Å². The minimum Gasteiger partial charge on any atom is -0.870 e. The molecule has 2 rings (SSSR count). The maximum atomic E-state index is 12.3. The maximum absolute atomic E-state index is 12.3. The fourth-order valence-electron chi connectivity index (χ4n) is 5.79. The van der Waals surface area contributed by atoms with Gasteiger partial charge in [0, 0.05) is 0 Å². The van der Waals surface area contributed by atoms with Crippen LogP contribution in [0.5, 0.6) is 0 Å². The van der Waals surface area contributed by atoms with Crippen LogP contribution in [0.2, 0.25) is 0 Å². The Hall–Kier alpha value is 18.9. The van der Waals surface area contributed by atoms with Gasteiger partial charge in [-0.1, -0.05) is 0 Å². The SMILES string of the molecule is O=S([O-])OC[C@H]1O[C@@H](OC[C@H](OS(=O)[O-])[C@@H](O[C@@H]2O[C@H](COS(=O)[O-])[C@@H](OS(=O)(=O)[O-])[C@H](OS(=O)(=O)[O-])[C@H]2OS(=O)(=O)[O-])[C@H](OS(=O)(=O)[O-])[C@@H](COS(=O)(=O)[O-])OS(=O)(=O)[O-])[C@H](OS(=O)[O-])[C@@H](OS(=O)[O-])[C@@H]1OS(=O)[O-].[K+].[K+].[K+].[K+].[K+].[K+].[K+].[K+].[K+].[K+].[K+].[K+].[OH-].[OH-].[OH-].[OH-].[OH-].[OH-]. The third kappa shape index (κ3) is 71.4. The largest absolute Gasteiger partial charge is 1.00 e. The first-order valence-corrected chi connectivity index (χ1v) is 31.2. The van der Waals surface area contributed by atoms with Crippen LogP contribution < -0.4 is 617 Å². The molecule has 0 bridgehead atoms. The van der Waals surface area contributed by atoms with E-state index in [9.17, 15) is 130 Å². The van der Waals surface area contributed by atoms with Crippen LogP contribution >= 0.6 is 0 Å². The Morgan fingerprint density at radius 1 is 0.351 bits per heavy atom. The van der Waals surface area contributed by atoms with Gasteiger partial charge in [-0.3, -0.25) is 50.2 Å². The van der Waals surface area contributed by atoms with Crippen molar-refractivity contribution >= 4 is 131 Å². The molecule has 6 N–H and O–H groups in total. The third-order valence-corrected chi connectivity index (χ3v) is 12.9. The predicted molar refractivity (Wildman–Crippen MR) is 213 cm³/mol. The molecule has 20 atom stereocenters. The third-order valence-electron chi connectivity index (χ3n) is 7.92. The van der Waals surface area contributed by atoms with Crippen molar-refractivity contribution in [2.75, 3.05) is 26.4 Å². The summed E-state index contributed by atoms with van der Waals surface area (Å²) in [5.74, 6) is 0. The molecule has 0 aromatic heterocycles. The summed E-state index contributed by atoms with van der Waals surface area (Å²) in [6.07, 6.45) is -47.4. The van der Waals surface area contributed by atoms with Crippen LogP contribution in [0.3, 0.4) is 0 Å². The van der Waals surface area contributed by atoms with Gasteiger partial charge in [-0.25, -0.2) is 75.8 Å². The second-order valence-corrected chi connectivity index (χ2v) is 22.5. The van der Waals surface area contributed by atoms with Crippen molar-refractivity contribution in [2.24, 2.45) is 0 Å². The molecule has 0 aromatic carbocycles. The molecule has 0 radical (unpaired) electrons. The minimum absolute atomic E-state index is 0. The van der Waals surface area contributed by atoms with Gasteiger partial charge in [-0.05, 0) is 0 Å². The van der Waals surface area contributed by atoms with Crippen LogP contribution in [0.15, 0.2) is 0 Å². The summed E-state index contributed by atoms with van der Waals surface area (Å²) in [6.45, 7) is -8.46. The first-order chi connectivity index (χ1) is 34.3. The Bertz CT molecular complexity index is 2820. The van der Waals surface area contributed by atoms with Crippen molar-refractivity contribution in [3.05, 3.63) is 0 Å². The van der Waals surface area contributed by atoms with Crippen LogP contribution in [0.1, 0.15) is 0 Å². The Kier molecular flexibility index (Phi) is 124. The molecule has 2 aliphatic rings. The van der Waals surface area contributed by atoms with Gasteiger partial charge in [0.15, 0.2) is 24.8 Å². The van der Waals surface area contributed by atoms with Crippen molar-refractivity contribution in [1.82, 2.24) is 0 Å². The zero-order valence-corrected chi connectivity index (χ0v) is 96.5. The second kappa shape index (κ2) is 75.6. The van der Waals surface area contributed by atoms with Crippen molar-refractivity contribution in [2.45, 2.75) is 85.8 Å². The van der Waals surface area contributed by atoms with E-state index in [2.05, 4.69) is 50.2 Å². The van der Waals surface area contributed by atoms with Crippen LogP contribution in [0.25, 0.3) is 0 Å². The molecular formula is C18H28K12O52S12-6. The summed E-state index contributed by atoms with van der Waals surface area (Å²) in [5, 5.41) is 0. The molecule has 94 heavy (non-hydrogen) atoms. The number of ether oxygens (including phenoxy) is 4. The molecule has 2 aliphatic heterocycles. The van der Waals surface area contributed by atoms with Crippen molar-refractivity contribution in [3.8, 4) is 0 Å². The van der Waals surface area contributed by atoms with E-state index in [0.717, 1.165) is 0 Å². The van der Waals surface area contributed by atoms with Gasteiger partial charge < -0.3 is 106 Å². The van der Waals surface area contributed by atoms with Crippen LogP contribution in [0, 0.1) is 0 Å². The average Bonchev–Trinajstić information content (AvgIpc) is 3.18. The molecule has 0 spiro atoms. The zero-order valence-electron chi connectivity index (χ0n) is 49.3. The molecule has 6 unspecified atom stereocenters. The summed E-state index contributed by atoms with van der Waals surface area (Å²) < 4.78 is 423. The van der Waals surface area contributed by atoms with Crippen LogP contribution in [0.4, 0.5) is 0 Å². The molecule has 52 nitrogen and oxygen atoms in total. The fourth-order valence-corrected chi connectivity index (χ4v) is 10.6. The first kappa shape index (κ1) is 154. The Morgan fingerprint density at radius 2 is 0.691 bits per heavy atom. The van der Waals surface area contributed by atoms with Crippen molar-refractivity contribution in [1.29, 1.82) is 0 Å². The van der Waals surface area contributed by atoms with Gasteiger partial charge >= 0.3 is 617 Å². The summed E-state index contributed by atoms with van der Waals surface area (Å²) in [4.78, 5) is 0. The monoisotopic (exact) mass is 1930 g/mol. The summed E-state index contributed by atoms with van der Waals surface area (Å²) >= 11 is -24.1. The van der Waals surface area contributed by atoms with E-state index in [0.29, 0.717) is 0 Å². The molecule has 2 saturated heterocycles. The van der Waals surface area contributed by atoms with Gasteiger partial charge in [-0.15, -0.1) is 0 Å². The summed E-state index contributed by atoms with van der Waals surface area (Å²) in [7, 11) is -39.9. The normalized spacial score (nSPS) is 23.9. The molecule has 0 saturated carbocycles. The van der Waals surface area contributed by atoms with E-state index >= 15 is 0 Å². The van der Waals surface area contributed by atoms with E-state index in [-0.39, 0.29) is 649 Å². The molecule has 2 heterocycles. The zero-order chi connectivity index (χ0) is 58.7. The molecule has 502 valence electrons. The average molecular weight is 1930 g/mol. The van der Waals surface area contributed by atoms with E-state index < -0.39 is 243 Å². The van der Waals surface area contributed by atoms with E-state index in [1.165, 1.54) is 0 Å². The van der Waals surface area contributed by atoms with E-state index in [1.807, 2.05) is 0 Å². The molecule has 0 aromatic rings. The van der Waals surface area contributed by atoms with E-state index in [1.54, 1.807) is 0 Å². The van der Waals surface area contributed by atoms with Gasteiger partial charge in [0.1, 0.15) is 61.0 Å². The minimum atomic E-state index is -6.90. The number of rotatable bonds is 35. The molecule has 0 aliphatic carbocycles. The van der Waals surface area contributed by atoms with Crippen LogP contribution in [-0.2, 0) is 200 Å². The smallest absolute Gasteiger partial charge is 0.870 e. The van der Waals surface area contributed by atoms with Gasteiger partial charge in [0.2, 0.25) is 62.4 Å². The van der Waals surface area contributed by atoms with Gasteiger partial charge in [0.05, 0.1) is 94.6 Å². The maximum Gasteiger partial charge on any atom is 1.00 e. The fraction of sp³-hybridized carbons (Fsp3) is 1.00. The van der Waals surface area contributed by atoms with Gasteiger partial charge in [0.25, 0.3) is 0 Å². The predicted octanol–water partition coefficient (Wildman–Crippen LogP) is -49.1. The Morgan fingerprint density at radius 3 is 1.03 bits per heavy atom. The quantitative estimate of drug-likeness (QED) is 0.0246. The van der Waals surface area contributed by atoms with Crippen molar-refractivity contribution < 1.29 is 849 Å². The molecule has 2 fully saturated rings. The number of hydrogen-bond donors (Lipinski definition) is 0. The summed E-state index contributed by atoms with van der Waals surface area (Å²) in [6, 6.07) is 0.